The molecule has 2 aromatic heterocycles. The van der Waals surface area contributed by atoms with E-state index in [-0.39, 0.29) is 5.91 Å². The third-order valence-electron chi connectivity index (χ3n) is 3.50. The van der Waals surface area contributed by atoms with Crippen LogP contribution in [0.3, 0.4) is 0 Å². The third-order valence-corrected chi connectivity index (χ3v) is 3.50. The van der Waals surface area contributed by atoms with Crippen molar-refractivity contribution in [3.05, 3.63) is 41.8 Å². The van der Waals surface area contributed by atoms with Crippen LogP contribution in [0.5, 0.6) is 0 Å². The Balaban J connectivity index is 1.54. The first-order valence-corrected chi connectivity index (χ1v) is 6.93. The largest absolute Gasteiger partial charge is 0.340 e. The second kappa shape index (κ2) is 6.01. The number of carbonyl (C=O) groups excluding carboxylic acids is 1. The van der Waals surface area contributed by atoms with Crippen molar-refractivity contribution in [3.63, 3.8) is 0 Å². The standard InChI is InChI=1S/C14H17N5O2/c1-11-16-13(17-21-11)10-18-5-7-19(8-6-18)14(20)12-3-2-4-15-9-12/h2-4,9H,5-8,10H2,1H3. The molecule has 1 amide bonds. The zero-order valence-corrected chi connectivity index (χ0v) is 11.9. The average Bonchev–Trinajstić information content (AvgIpc) is 2.93. The SMILES string of the molecule is Cc1nc(CN2CCN(C(=O)c3cccnc3)CC2)no1. The number of hydrogen-bond acceptors (Lipinski definition) is 6. The molecule has 0 unspecified atom stereocenters. The lowest BCUT2D eigenvalue weighted by molar-refractivity contribution is 0.0624. The second-order valence-corrected chi connectivity index (χ2v) is 5.04. The first-order chi connectivity index (χ1) is 10.2. The molecule has 0 spiro atoms. The molecule has 0 aliphatic carbocycles. The number of pyridine rings is 1. The summed E-state index contributed by atoms with van der Waals surface area (Å²) in [6, 6.07) is 3.58. The molecule has 0 aromatic carbocycles. The van der Waals surface area contributed by atoms with Crippen LogP contribution in [0, 0.1) is 6.92 Å². The average molecular weight is 287 g/mol. The van der Waals surface area contributed by atoms with E-state index in [4.69, 9.17) is 4.52 Å². The third kappa shape index (κ3) is 3.25. The van der Waals surface area contributed by atoms with Crippen LogP contribution >= 0.6 is 0 Å². The molecule has 7 nitrogen and oxygen atoms in total. The van der Waals surface area contributed by atoms with Crippen LogP contribution in [0.4, 0.5) is 0 Å². The quantitative estimate of drug-likeness (QED) is 0.828. The Labute approximate surface area is 122 Å². The zero-order valence-electron chi connectivity index (χ0n) is 11.9. The number of hydrogen-bond donors (Lipinski definition) is 0. The van der Waals surface area contributed by atoms with Crippen LogP contribution in [0.2, 0.25) is 0 Å². The molecule has 21 heavy (non-hydrogen) atoms. The predicted octanol–water partition coefficient (Wildman–Crippen LogP) is 0.731. The minimum atomic E-state index is 0.0400. The number of amides is 1. The summed E-state index contributed by atoms with van der Waals surface area (Å²) in [5, 5.41) is 3.90. The van der Waals surface area contributed by atoms with E-state index < -0.39 is 0 Å². The van der Waals surface area contributed by atoms with E-state index in [1.165, 1.54) is 0 Å². The van der Waals surface area contributed by atoms with Crippen molar-refractivity contribution in [1.82, 2.24) is 24.9 Å². The molecule has 1 fully saturated rings. The first-order valence-electron chi connectivity index (χ1n) is 6.93. The van der Waals surface area contributed by atoms with Crippen LogP contribution in [0.15, 0.2) is 29.0 Å². The Bertz CT molecular complexity index is 605. The van der Waals surface area contributed by atoms with Gasteiger partial charge in [-0.15, -0.1) is 0 Å². The molecule has 2 aromatic rings. The van der Waals surface area contributed by atoms with Crippen molar-refractivity contribution < 1.29 is 9.32 Å². The maximum Gasteiger partial charge on any atom is 0.255 e. The second-order valence-electron chi connectivity index (χ2n) is 5.04. The summed E-state index contributed by atoms with van der Waals surface area (Å²) in [6.07, 6.45) is 3.28. The van der Waals surface area contributed by atoms with Crippen molar-refractivity contribution in [3.8, 4) is 0 Å². The molecular weight excluding hydrogens is 270 g/mol. The number of carbonyl (C=O) groups is 1. The Morgan fingerprint density at radius 2 is 2.14 bits per heavy atom. The van der Waals surface area contributed by atoms with Crippen LogP contribution < -0.4 is 0 Å². The van der Waals surface area contributed by atoms with Gasteiger partial charge in [0.05, 0.1) is 12.1 Å². The van der Waals surface area contributed by atoms with Crippen molar-refractivity contribution in [2.24, 2.45) is 0 Å². The highest BCUT2D eigenvalue weighted by Crippen LogP contribution is 2.10. The highest BCUT2D eigenvalue weighted by Gasteiger charge is 2.23. The zero-order chi connectivity index (χ0) is 14.7. The molecule has 110 valence electrons. The van der Waals surface area contributed by atoms with Gasteiger partial charge in [-0.05, 0) is 12.1 Å². The molecular formula is C14H17N5O2. The maximum atomic E-state index is 12.3. The van der Waals surface area contributed by atoms with Crippen molar-refractivity contribution in [1.29, 1.82) is 0 Å². The summed E-state index contributed by atoms with van der Waals surface area (Å²) in [6.45, 7) is 5.45. The number of piperazine rings is 1. The van der Waals surface area contributed by atoms with E-state index in [1.807, 2.05) is 4.90 Å². The highest BCUT2D eigenvalue weighted by atomic mass is 16.5. The van der Waals surface area contributed by atoms with Gasteiger partial charge in [-0.25, -0.2) is 0 Å². The van der Waals surface area contributed by atoms with Crippen LogP contribution in [-0.4, -0.2) is 57.0 Å². The van der Waals surface area contributed by atoms with Gasteiger partial charge in [-0.3, -0.25) is 14.7 Å². The summed E-state index contributed by atoms with van der Waals surface area (Å²) in [7, 11) is 0. The molecule has 1 aliphatic rings. The van der Waals surface area contributed by atoms with Gasteiger partial charge in [0.25, 0.3) is 5.91 Å². The van der Waals surface area contributed by atoms with E-state index in [1.54, 1.807) is 31.5 Å². The summed E-state index contributed by atoms with van der Waals surface area (Å²) in [5.41, 5.74) is 0.639. The number of rotatable bonds is 3. The number of aromatic nitrogens is 3. The van der Waals surface area contributed by atoms with Gasteiger partial charge < -0.3 is 9.42 Å². The predicted molar refractivity (Wildman–Crippen MR) is 74.5 cm³/mol. The number of nitrogens with zero attached hydrogens (tertiary/aromatic N) is 5. The molecule has 0 bridgehead atoms. The molecule has 0 saturated carbocycles. The Kier molecular flexibility index (Phi) is 3.92. The molecule has 1 aliphatic heterocycles. The highest BCUT2D eigenvalue weighted by molar-refractivity contribution is 5.93. The van der Waals surface area contributed by atoms with Gasteiger partial charge >= 0.3 is 0 Å². The Morgan fingerprint density at radius 1 is 1.33 bits per heavy atom. The maximum absolute atomic E-state index is 12.3. The smallest absolute Gasteiger partial charge is 0.255 e. The fourth-order valence-corrected chi connectivity index (χ4v) is 2.39. The molecule has 3 rings (SSSR count). The molecule has 1 saturated heterocycles. The summed E-state index contributed by atoms with van der Waals surface area (Å²) in [5.74, 6) is 1.31. The fourth-order valence-electron chi connectivity index (χ4n) is 2.39. The van der Waals surface area contributed by atoms with Gasteiger partial charge in [0.15, 0.2) is 5.82 Å². The van der Waals surface area contributed by atoms with E-state index in [0.29, 0.717) is 36.9 Å². The fraction of sp³-hybridized carbons (Fsp3) is 0.429. The topological polar surface area (TPSA) is 75.4 Å². The van der Waals surface area contributed by atoms with Gasteiger partial charge in [0.1, 0.15) is 0 Å². The molecule has 7 heteroatoms. The number of aryl methyl sites for hydroxylation is 1. The minimum Gasteiger partial charge on any atom is -0.340 e. The normalized spacial score (nSPS) is 16.1. The molecule has 3 heterocycles. The first kappa shape index (κ1) is 13.7. The van der Waals surface area contributed by atoms with E-state index >= 15 is 0 Å². The molecule has 0 N–H and O–H groups in total. The Hall–Kier alpha value is -2.28. The van der Waals surface area contributed by atoms with E-state index in [9.17, 15) is 4.79 Å². The van der Waals surface area contributed by atoms with Gasteiger partial charge in [-0.1, -0.05) is 5.16 Å². The van der Waals surface area contributed by atoms with Gasteiger partial charge in [-0.2, -0.15) is 4.98 Å². The van der Waals surface area contributed by atoms with E-state index in [2.05, 4.69) is 20.0 Å². The molecule has 0 atom stereocenters. The van der Waals surface area contributed by atoms with Crippen LogP contribution in [0.25, 0.3) is 0 Å². The summed E-state index contributed by atoms with van der Waals surface area (Å²) >= 11 is 0. The summed E-state index contributed by atoms with van der Waals surface area (Å²) < 4.78 is 4.96. The lowest BCUT2D eigenvalue weighted by Crippen LogP contribution is -2.48. The van der Waals surface area contributed by atoms with Crippen LogP contribution in [0.1, 0.15) is 22.1 Å². The van der Waals surface area contributed by atoms with Crippen molar-refractivity contribution in [2.75, 3.05) is 26.2 Å². The van der Waals surface area contributed by atoms with Gasteiger partial charge in [0, 0.05) is 45.5 Å². The van der Waals surface area contributed by atoms with Crippen molar-refractivity contribution in [2.45, 2.75) is 13.5 Å². The lowest BCUT2D eigenvalue weighted by Gasteiger charge is -2.34. The van der Waals surface area contributed by atoms with Crippen LogP contribution in [-0.2, 0) is 6.54 Å². The van der Waals surface area contributed by atoms with Crippen molar-refractivity contribution >= 4 is 5.91 Å². The summed E-state index contributed by atoms with van der Waals surface area (Å²) in [4.78, 5) is 24.6. The lowest BCUT2D eigenvalue weighted by atomic mass is 10.2. The molecule has 0 radical (unpaired) electrons. The van der Waals surface area contributed by atoms with E-state index in [0.717, 1.165) is 13.1 Å². The van der Waals surface area contributed by atoms with Gasteiger partial charge in [0.2, 0.25) is 5.89 Å². The Morgan fingerprint density at radius 3 is 2.76 bits per heavy atom. The monoisotopic (exact) mass is 287 g/mol. The minimum absolute atomic E-state index is 0.0400.